The lowest BCUT2D eigenvalue weighted by Crippen LogP contribution is -2.44. The van der Waals surface area contributed by atoms with E-state index in [1.54, 1.807) is 30.0 Å². The molecule has 0 atom stereocenters. The van der Waals surface area contributed by atoms with Crippen molar-refractivity contribution < 1.29 is 28.6 Å². The summed E-state index contributed by atoms with van der Waals surface area (Å²) in [6.45, 7) is 8.99. The molecule has 0 saturated heterocycles. The second-order valence-electron chi connectivity index (χ2n) is 9.68. The van der Waals surface area contributed by atoms with E-state index in [1.165, 1.54) is 6.92 Å². The highest BCUT2D eigenvalue weighted by molar-refractivity contribution is 6.19. The standard InChI is InChI=1S/C33H32N4O6/c1-5-14-43-30-12-11-25(18-22(30)2)31-26(21-37(35-31)27-9-7-6-8-10-27)19-28-23(3)29(20-34)33(40)36(32(28)39)13-15-41-16-17-42-24(4)38/h5-12,18-19,21H,1,13-17H2,2-4H3/b28-19+. The lowest BCUT2D eigenvalue weighted by Gasteiger charge is -2.27. The Kier molecular flexibility index (Phi) is 10.0. The Balaban J connectivity index is 1.73. The predicted octanol–water partition coefficient (Wildman–Crippen LogP) is 4.58. The second kappa shape index (κ2) is 14.1. The fourth-order valence-electron chi connectivity index (χ4n) is 4.53. The molecule has 0 saturated carbocycles. The van der Waals surface area contributed by atoms with Gasteiger partial charge in [-0.05, 0) is 61.4 Å². The molecule has 0 radical (unpaired) electrons. The first-order chi connectivity index (χ1) is 20.7. The predicted molar refractivity (Wildman–Crippen MR) is 160 cm³/mol. The van der Waals surface area contributed by atoms with Crippen LogP contribution in [0.5, 0.6) is 5.75 Å². The van der Waals surface area contributed by atoms with Crippen LogP contribution in [0.3, 0.4) is 0 Å². The molecule has 43 heavy (non-hydrogen) atoms. The molecule has 0 bridgehead atoms. The molecule has 2 aromatic carbocycles. The summed E-state index contributed by atoms with van der Waals surface area (Å²) in [5, 5.41) is 14.7. The number of aromatic nitrogens is 2. The summed E-state index contributed by atoms with van der Waals surface area (Å²) in [6.07, 6.45) is 5.14. The molecule has 1 aliphatic heterocycles. The van der Waals surface area contributed by atoms with Gasteiger partial charge in [0.05, 0.1) is 31.1 Å². The number of carbonyl (C=O) groups excluding carboxylic acids is 3. The van der Waals surface area contributed by atoms with Crippen LogP contribution >= 0.6 is 0 Å². The maximum atomic E-state index is 13.7. The molecule has 0 fully saturated rings. The quantitative estimate of drug-likeness (QED) is 0.100. The van der Waals surface area contributed by atoms with Crippen molar-refractivity contribution in [2.45, 2.75) is 20.8 Å². The minimum Gasteiger partial charge on any atom is -0.489 e. The van der Waals surface area contributed by atoms with Gasteiger partial charge >= 0.3 is 5.97 Å². The van der Waals surface area contributed by atoms with Crippen molar-refractivity contribution >= 4 is 23.9 Å². The Morgan fingerprint density at radius 3 is 2.51 bits per heavy atom. The number of aryl methyl sites for hydroxylation is 1. The average Bonchev–Trinajstić information content (AvgIpc) is 3.42. The van der Waals surface area contributed by atoms with Crippen molar-refractivity contribution in [3.05, 3.63) is 95.2 Å². The molecule has 4 rings (SSSR count). The molecule has 2 heterocycles. The maximum absolute atomic E-state index is 13.7. The first-order valence-electron chi connectivity index (χ1n) is 13.6. The molecule has 10 nitrogen and oxygen atoms in total. The van der Waals surface area contributed by atoms with Gasteiger partial charge in [0.2, 0.25) is 0 Å². The van der Waals surface area contributed by atoms with E-state index in [4.69, 9.17) is 19.3 Å². The molecular formula is C33H32N4O6. The van der Waals surface area contributed by atoms with Crippen molar-refractivity contribution in [2.24, 2.45) is 0 Å². The van der Waals surface area contributed by atoms with Crippen molar-refractivity contribution in [1.29, 1.82) is 5.26 Å². The molecular weight excluding hydrogens is 548 g/mol. The summed E-state index contributed by atoms with van der Waals surface area (Å²) >= 11 is 0. The van der Waals surface area contributed by atoms with E-state index < -0.39 is 17.8 Å². The fourth-order valence-corrected chi connectivity index (χ4v) is 4.53. The highest BCUT2D eigenvalue weighted by Crippen LogP contribution is 2.33. The van der Waals surface area contributed by atoms with Gasteiger partial charge in [0.1, 0.15) is 30.6 Å². The molecule has 1 aliphatic rings. The molecule has 0 aliphatic carbocycles. The number of benzene rings is 2. The lowest BCUT2D eigenvalue weighted by atomic mass is 9.93. The number of para-hydroxylation sites is 1. The minimum absolute atomic E-state index is 0.0144. The molecule has 10 heteroatoms. The normalized spacial score (nSPS) is 14.2. The van der Waals surface area contributed by atoms with Crippen LogP contribution in [-0.2, 0) is 23.9 Å². The molecule has 220 valence electrons. The van der Waals surface area contributed by atoms with E-state index >= 15 is 0 Å². The minimum atomic E-state index is -0.684. The second-order valence-corrected chi connectivity index (χ2v) is 9.68. The number of nitrogens with zero attached hydrogens (tertiary/aromatic N) is 4. The van der Waals surface area contributed by atoms with Gasteiger partial charge in [0.15, 0.2) is 0 Å². The summed E-state index contributed by atoms with van der Waals surface area (Å²) in [4.78, 5) is 38.6. The van der Waals surface area contributed by atoms with E-state index in [-0.39, 0.29) is 43.1 Å². The van der Waals surface area contributed by atoms with Crippen molar-refractivity contribution in [3.63, 3.8) is 0 Å². The molecule has 3 aromatic rings. The molecule has 0 N–H and O–H groups in total. The summed E-state index contributed by atoms with van der Waals surface area (Å²) in [7, 11) is 0. The van der Waals surface area contributed by atoms with Gasteiger partial charge in [-0.3, -0.25) is 19.3 Å². The van der Waals surface area contributed by atoms with Gasteiger partial charge in [-0.15, -0.1) is 0 Å². The molecule has 0 spiro atoms. The molecule has 1 aromatic heterocycles. The van der Waals surface area contributed by atoms with E-state index in [0.29, 0.717) is 17.9 Å². The van der Waals surface area contributed by atoms with Crippen LogP contribution in [0, 0.1) is 18.3 Å². The highest BCUT2D eigenvalue weighted by atomic mass is 16.6. The van der Waals surface area contributed by atoms with E-state index in [9.17, 15) is 19.6 Å². The van der Waals surface area contributed by atoms with Crippen LogP contribution in [0.25, 0.3) is 23.0 Å². The van der Waals surface area contributed by atoms with Crippen molar-refractivity contribution in [3.8, 4) is 28.8 Å². The van der Waals surface area contributed by atoms with E-state index in [0.717, 1.165) is 27.5 Å². The third-order valence-corrected chi connectivity index (χ3v) is 6.69. The van der Waals surface area contributed by atoms with Gasteiger partial charge in [-0.2, -0.15) is 10.4 Å². The Labute approximate surface area is 250 Å². The topological polar surface area (TPSA) is 124 Å². The van der Waals surface area contributed by atoms with Crippen LogP contribution in [-0.4, -0.2) is 65.4 Å². The number of imide groups is 1. The number of carbonyl (C=O) groups is 3. The summed E-state index contributed by atoms with van der Waals surface area (Å²) in [6, 6.07) is 17.2. The maximum Gasteiger partial charge on any atom is 0.302 e. The third-order valence-electron chi connectivity index (χ3n) is 6.69. The zero-order valence-corrected chi connectivity index (χ0v) is 24.3. The zero-order chi connectivity index (χ0) is 30.9. The first kappa shape index (κ1) is 30.7. The number of hydrogen-bond donors (Lipinski definition) is 0. The number of ether oxygens (including phenoxy) is 3. The molecule has 0 unspecified atom stereocenters. The lowest BCUT2D eigenvalue weighted by molar-refractivity contribution is -0.142. The number of hydrogen-bond acceptors (Lipinski definition) is 8. The van der Waals surface area contributed by atoms with Crippen LogP contribution in [0.4, 0.5) is 0 Å². The largest absolute Gasteiger partial charge is 0.489 e. The monoisotopic (exact) mass is 580 g/mol. The fraction of sp³-hybridized carbons (Fsp3) is 0.242. The van der Waals surface area contributed by atoms with Gasteiger partial charge in [0, 0.05) is 29.8 Å². The van der Waals surface area contributed by atoms with Crippen LogP contribution in [0.15, 0.2) is 84.1 Å². The van der Waals surface area contributed by atoms with Gasteiger partial charge in [-0.25, -0.2) is 4.68 Å². The Hall–Kier alpha value is -5.27. The third kappa shape index (κ3) is 7.15. The zero-order valence-electron chi connectivity index (χ0n) is 24.3. The Morgan fingerprint density at radius 1 is 1.07 bits per heavy atom. The summed E-state index contributed by atoms with van der Waals surface area (Å²) < 4.78 is 17.7. The van der Waals surface area contributed by atoms with Gasteiger partial charge in [-0.1, -0.05) is 30.9 Å². The Morgan fingerprint density at radius 2 is 1.84 bits per heavy atom. The summed E-state index contributed by atoms with van der Waals surface area (Å²) in [5.74, 6) is -0.944. The van der Waals surface area contributed by atoms with Gasteiger partial charge in [0.25, 0.3) is 11.8 Å². The number of amides is 2. The number of nitriles is 1. The van der Waals surface area contributed by atoms with E-state index in [1.807, 2.05) is 61.5 Å². The highest BCUT2D eigenvalue weighted by Gasteiger charge is 2.35. The van der Waals surface area contributed by atoms with Crippen molar-refractivity contribution in [1.82, 2.24) is 14.7 Å². The number of esters is 1. The SMILES string of the molecule is C=CCOc1ccc(-c2nn(-c3ccccc3)cc2/C=C2/C(=O)N(CCOCCOC(C)=O)C(=O)C(C#N)=C2C)cc1C. The first-order valence-corrected chi connectivity index (χ1v) is 13.6. The Bertz CT molecular complexity index is 1650. The average molecular weight is 581 g/mol. The van der Waals surface area contributed by atoms with Crippen LogP contribution < -0.4 is 4.74 Å². The van der Waals surface area contributed by atoms with Gasteiger partial charge < -0.3 is 14.2 Å². The van der Waals surface area contributed by atoms with Crippen LogP contribution in [0.2, 0.25) is 0 Å². The molecule has 2 amide bonds. The van der Waals surface area contributed by atoms with Crippen LogP contribution in [0.1, 0.15) is 25.0 Å². The summed E-state index contributed by atoms with van der Waals surface area (Å²) in [5.41, 5.74) is 4.10. The number of rotatable bonds is 12. The smallest absolute Gasteiger partial charge is 0.302 e. The van der Waals surface area contributed by atoms with E-state index in [2.05, 4.69) is 6.58 Å². The van der Waals surface area contributed by atoms with Crippen molar-refractivity contribution in [2.75, 3.05) is 33.0 Å².